The molecule has 1 aromatic heterocycles. The molecule has 3 rings (SSSR count). The summed E-state index contributed by atoms with van der Waals surface area (Å²) in [6, 6.07) is 10.2. The van der Waals surface area contributed by atoms with Gasteiger partial charge in [0, 0.05) is 29.8 Å². The zero-order valence-corrected chi connectivity index (χ0v) is 14.0. The number of nitrogens with zero attached hydrogens (tertiary/aromatic N) is 1. The third kappa shape index (κ3) is 4.17. The van der Waals surface area contributed by atoms with Gasteiger partial charge < -0.3 is 5.32 Å². The van der Waals surface area contributed by atoms with Crippen LogP contribution in [-0.2, 0) is 17.8 Å². The Bertz CT molecular complexity index is 668. The highest BCUT2D eigenvalue weighted by Gasteiger charge is 2.23. The van der Waals surface area contributed by atoms with E-state index in [9.17, 15) is 4.79 Å². The molecule has 0 spiro atoms. The molecule has 1 saturated carbocycles. The van der Waals surface area contributed by atoms with Gasteiger partial charge in [-0.25, -0.2) is 0 Å². The first kappa shape index (κ1) is 15.2. The second-order valence-corrected chi connectivity index (χ2v) is 6.62. The lowest BCUT2D eigenvalue weighted by Gasteiger charge is -2.07. The van der Waals surface area contributed by atoms with Crippen LogP contribution in [0.2, 0.25) is 0 Å². The first-order valence-electron chi connectivity index (χ1n) is 7.66. The molecule has 22 heavy (non-hydrogen) atoms. The Morgan fingerprint density at radius 2 is 2.09 bits per heavy atom. The molecule has 0 aliphatic heterocycles. The second-order valence-electron chi connectivity index (χ2n) is 5.77. The van der Waals surface area contributed by atoms with Crippen LogP contribution < -0.4 is 5.32 Å². The molecule has 3 nitrogen and oxygen atoms in total. The average Bonchev–Trinajstić information content (AvgIpc) is 3.37. The largest absolute Gasteiger partial charge is 0.352 e. The van der Waals surface area contributed by atoms with E-state index in [1.807, 2.05) is 36.7 Å². The Balaban J connectivity index is 1.48. The predicted octanol–water partition coefficient (Wildman–Crippen LogP) is 3.97. The van der Waals surface area contributed by atoms with E-state index in [1.54, 1.807) is 0 Å². The number of nitrogens with one attached hydrogen (secondary N) is 1. The second kappa shape index (κ2) is 7.05. The summed E-state index contributed by atoms with van der Waals surface area (Å²) in [6.07, 6.45) is 7.55. The minimum absolute atomic E-state index is 0.0765. The van der Waals surface area contributed by atoms with Crippen molar-refractivity contribution >= 4 is 21.8 Å². The fourth-order valence-electron chi connectivity index (χ4n) is 2.48. The first-order chi connectivity index (χ1) is 10.7. The lowest BCUT2D eigenvalue weighted by Crippen LogP contribution is -2.23. The highest BCUT2D eigenvalue weighted by molar-refractivity contribution is 9.10. The van der Waals surface area contributed by atoms with Gasteiger partial charge in [0.1, 0.15) is 0 Å². The van der Waals surface area contributed by atoms with Crippen LogP contribution in [-0.4, -0.2) is 10.9 Å². The van der Waals surface area contributed by atoms with Gasteiger partial charge in [0.15, 0.2) is 0 Å². The number of aromatic nitrogens is 1. The minimum atomic E-state index is 0.0765. The number of amides is 1. The van der Waals surface area contributed by atoms with Crippen LogP contribution in [0.25, 0.3) is 0 Å². The first-order valence-corrected chi connectivity index (χ1v) is 8.45. The molecule has 1 aliphatic carbocycles. The number of hydrogen-bond acceptors (Lipinski definition) is 2. The maximum Gasteiger partial charge on any atom is 0.220 e. The molecule has 1 heterocycles. The molecule has 1 aromatic carbocycles. The molecule has 1 N–H and O–H groups in total. The summed E-state index contributed by atoms with van der Waals surface area (Å²) in [5.41, 5.74) is 3.55. The van der Waals surface area contributed by atoms with Gasteiger partial charge >= 0.3 is 0 Å². The third-order valence-corrected chi connectivity index (χ3v) is 4.71. The Hall–Kier alpha value is -1.68. The summed E-state index contributed by atoms with van der Waals surface area (Å²) in [5.74, 6) is 0.770. The monoisotopic (exact) mass is 358 g/mol. The van der Waals surface area contributed by atoms with Crippen molar-refractivity contribution < 1.29 is 4.79 Å². The van der Waals surface area contributed by atoms with Crippen LogP contribution in [0.5, 0.6) is 0 Å². The van der Waals surface area contributed by atoms with Crippen LogP contribution in [0.1, 0.15) is 41.9 Å². The molecule has 0 unspecified atom stereocenters. The van der Waals surface area contributed by atoms with Crippen LogP contribution >= 0.6 is 15.9 Å². The number of halogens is 1. The van der Waals surface area contributed by atoms with Crippen LogP contribution in [0.15, 0.2) is 47.2 Å². The van der Waals surface area contributed by atoms with Crippen molar-refractivity contribution in [3.63, 3.8) is 0 Å². The Labute approximate surface area is 139 Å². The van der Waals surface area contributed by atoms with Gasteiger partial charge in [0.05, 0.1) is 0 Å². The summed E-state index contributed by atoms with van der Waals surface area (Å²) < 4.78 is 1.06. The summed E-state index contributed by atoms with van der Waals surface area (Å²) in [6.45, 7) is 0.558. The molecule has 0 atom stereocenters. The number of carbonyl (C=O) groups excluding carboxylic acids is 1. The Morgan fingerprint density at radius 3 is 2.86 bits per heavy atom. The summed E-state index contributed by atoms with van der Waals surface area (Å²) in [7, 11) is 0. The summed E-state index contributed by atoms with van der Waals surface area (Å²) in [4.78, 5) is 16.3. The Morgan fingerprint density at radius 1 is 1.27 bits per heavy atom. The summed E-state index contributed by atoms with van der Waals surface area (Å²) >= 11 is 3.51. The van der Waals surface area contributed by atoms with Gasteiger partial charge in [0.25, 0.3) is 0 Å². The molecule has 0 saturated heterocycles. The molecular formula is C18H19BrN2O. The van der Waals surface area contributed by atoms with Crippen molar-refractivity contribution in [2.45, 2.75) is 38.1 Å². The van der Waals surface area contributed by atoms with Crippen LogP contribution in [0.3, 0.4) is 0 Å². The van der Waals surface area contributed by atoms with Crippen molar-refractivity contribution in [3.8, 4) is 0 Å². The quantitative estimate of drug-likeness (QED) is 0.848. The van der Waals surface area contributed by atoms with Crippen LogP contribution in [0, 0.1) is 0 Å². The number of carbonyl (C=O) groups is 1. The van der Waals surface area contributed by atoms with E-state index in [1.165, 1.54) is 18.4 Å². The fraction of sp³-hybridized carbons (Fsp3) is 0.333. The smallest absolute Gasteiger partial charge is 0.220 e. The number of benzene rings is 1. The maximum atomic E-state index is 12.0. The fourth-order valence-corrected chi connectivity index (χ4v) is 2.97. The topological polar surface area (TPSA) is 42.0 Å². The minimum Gasteiger partial charge on any atom is -0.352 e. The summed E-state index contributed by atoms with van der Waals surface area (Å²) in [5, 5.41) is 2.98. The SMILES string of the molecule is O=C(CCc1ccccc1Br)NCc1cncc(C2CC2)c1. The van der Waals surface area contributed by atoms with Crippen molar-refractivity contribution in [1.82, 2.24) is 10.3 Å². The Kier molecular flexibility index (Phi) is 4.88. The highest BCUT2D eigenvalue weighted by atomic mass is 79.9. The van der Waals surface area contributed by atoms with E-state index in [0.29, 0.717) is 18.9 Å². The standard InChI is InChI=1S/C18H19BrN2O/c19-17-4-2-1-3-15(17)7-8-18(22)21-11-13-9-16(12-20-10-13)14-5-6-14/h1-4,9-10,12,14H,5-8,11H2,(H,21,22). The van der Waals surface area contributed by atoms with Gasteiger partial charge in [-0.15, -0.1) is 0 Å². The van der Waals surface area contributed by atoms with Gasteiger partial charge in [0.2, 0.25) is 5.91 Å². The number of pyridine rings is 1. The maximum absolute atomic E-state index is 12.0. The van der Waals surface area contributed by atoms with Crippen molar-refractivity contribution in [3.05, 3.63) is 63.9 Å². The van der Waals surface area contributed by atoms with Gasteiger partial charge in [-0.1, -0.05) is 40.2 Å². The molecule has 114 valence electrons. The van der Waals surface area contributed by atoms with Crippen LogP contribution in [0.4, 0.5) is 0 Å². The number of aryl methyl sites for hydroxylation is 1. The molecule has 1 aliphatic rings. The zero-order valence-electron chi connectivity index (χ0n) is 12.4. The molecule has 1 amide bonds. The van der Waals surface area contributed by atoms with Gasteiger partial charge in [-0.05, 0) is 47.9 Å². The van der Waals surface area contributed by atoms with Crippen molar-refractivity contribution in [1.29, 1.82) is 0 Å². The van der Waals surface area contributed by atoms with E-state index < -0.39 is 0 Å². The molecule has 0 radical (unpaired) electrons. The molecule has 4 heteroatoms. The molecule has 0 bridgehead atoms. The van der Waals surface area contributed by atoms with E-state index in [4.69, 9.17) is 0 Å². The zero-order chi connectivity index (χ0) is 15.4. The van der Waals surface area contributed by atoms with E-state index in [-0.39, 0.29) is 5.91 Å². The third-order valence-electron chi connectivity index (χ3n) is 3.93. The van der Waals surface area contributed by atoms with E-state index in [2.05, 4.69) is 32.3 Å². The van der Waals surface area contributed by atoms with Crippen molar-refractivity contribution in [2.24, 2.45) is 0 Å². The number of hydrogen-bond donors (Lipinski definition) is 1. The lowest BCUT2D eigenvalue weighted by molar-refractivity contribution is -0.121. The van der Waals surface area contributed by atoms with E-state index >= 15 is 0 Å². The molecule has 1 fully saturated rings. The number of rotatable bonds is 6. The van der Waals surface area contributed by atoms with E-state index in [0.717, 1.165) is 22.0 Å². The molecule has 2 aromatic rings. The van der Waals surface area contributed by atoms with Gasteiger partial charge in [-0.3, -0.25) is 9.78 Å². The lowest BCUT2D eigenvalue weighted by atomic mass is 10.1. The highest BCUT2D eigenvalue weighted by Crippen LogP contribution is 2.39. The predicted molar refractivity (Wildman–Crippen MR) is 90.5 cm³/mol. The molecular weight excluding hydrogens is 340 g/mol. The van der Waals surface area contributed by atoms with Gasteiger partial charge in [-0.2, -0.15) is 0 Å². The van der Waals surface area contributed by atoms with Crippen molar-refractivity contribution in [2.75, 3.05) is 0 Å². The average molecular weight is 359 g/mol. The normalized spacial score (nSPS) is 13.9.